The molecule has 4 heterocycles. The zero-order valence-corrected chi connectivity index (χ0v) is 15.8. The number of hydrogen-bond donors (Lipinski definition) is 0. The Hall–Kier alpha value is -2.81. The van der Waals surface area contributed by atoms with Crippen molar-refractivity contribution in [3.63, 3.8) is 0 Å². The third-order valence-electron chi connectivity index (χ3n) is 5.70. The Labute approximate surface area is 162 Å². The van der Waals surface area contributed by atoms with Gasteiger partial charge < -0.3 is 4.57 Å². The molecule has 9 heteroatoms. The van der Waals surface area contributed by atoms with E-state index in [-0.39, 0.29) is 5.56 Å². The molecule has 0 aromatic carbocycles. The van der Waals surface area contributed by atoms with Gasteiger partial charge in [0, 0.05) is 31.0 Å². The maximum atomic E-state index is 12.2. The van der Waals surface area contributed by atoms with Gasteiger partial charge in [0.2, 0.25) is 0 Å². The largest absolute Gasteiger partial charge is 0.331 e. The number of imidazole rings is 1. The predicted octanol–water partition coefficient (Wildman–Crippen LogP) is 1.27. The summed E-state index contributed by atoms with van der Waals surface area (Å²) in [5.74, 6) is 2.25. The minimum atomic E-state index is -0.0715. The van der Waals surface area contributed by atoms with Crippen LogP contribution >= 0.6 is 0 Å². The van der Waals surface area contributed by atoms with Crippen LogP contribution in [0.3, 0.4) is 0 Å². The van der Waals surface area contributed by atoms with Gasteiger partial charge in [-0.15, -0.1) is 5.10 Å². The van der Waals surface area contributed by atoms with E-state index in [0.717, 1.165) is 32.5 Å². The summed E-state index contributed by atoms with van der Waals surface area (Å²) in [6.45, 7) is 3.61. The van der Waals surface area contributed by atoms with Crippen molar-refractivity contribution in [2.75, 3.05) is 13.1 Å². The van der Waals surface area contributed by atoms with Crippen molar-refractivity contribution in [3.05, 3.63) is 53.4 Å². The van der Waals surface area contributed by atoms with Crippen molar-refractivity contribution in [2.45, 2.75) is 44.8 Å². The summed E-state index contributed by atoms with van der Waals surface area (Å²) >= 11 is 0. The van der Waals surface area contributed by atoms with E-state index in [9.17, 15) is 4.79 Å². The zero-order chi connectivity index (χ0) is 18.9. The van der Waals surface area contributed by atoms with Gasteiger partial charge in [0.05, 0.1) is 6.54 Å². The second kappa shape index (κ2) is 7.31. The van der Waals surface area contributed by atoms with Crippen LogP contribution in [0.2, 0.25) is 0 Å². The van der Waals surface area contributed by atoms with Crippen molar-refractivity contribution >= 4 is 0 Å². The lowest BCUT2D eigenvalue weighted by Gasteiger charge is -2.31. The summed E-state index contributed by atoms with van der Waals surface area (Å²) in [4.78, 5) is 23.2. The van der Waals surface area contributed by atoms with E-state index in [4.69, 9.17) is 0 Å². The van der Waals surface area contributed by atoms with Crippen LogP contribution in [-0.2, 0) is 13.1 Å². The summed E-state index contributed by atoms with van der Waals surface area (Å²) in [5.41, 5.74) is -0.0715. The minimum absolute atomic E-state index is 0.0715. The van der Waals surface area contributed by atoms with Gasteiger partial charge >= 0.3 is 0 Å². The molecule has 3 aromatic heterocycles. The third kappa shape index (κ3) is 3.62. The minimum Gasteiger partial charge on any atom is -0.331 e. The summed E-state index contributed by atoms with van der Waals surface area (Å²) in [6, 6.07) is 3.90. The normalized spacial score (nSPS) is 18.6. The number of piperidine rings is 1. The Kier molecular flexibility index (Phi) is 4.52. The average molecular weight is 380 g/mol. The molecule has 9 nitrogen and oxygen atoms in total. The molecular formula is C19H24N8O. The Morgan fingerprint density at radius 1 is 1.11 bits per heavy atom. The summed E-state index contributed by atoms with van der Waals surface area (Å²) in [7, 11) is 0. The smallest absolute Gasteiger partial charge is 0.266 e. The molecule has 0 N–H and O–H groups in total. The lowest BCUT2D eigenvalue weighted by molar-refractivity contribution is 0.159. The van der Waals surface area contributed by atoms with E-state index >= 15 is 0 Å². The first-order chi connectivity index (χ1) is 13.8. The Morgan fingerprint density at radius 2 is 1.96 bits per heavy atom. The molecule has 146 valence electrons. The van der Waals surface area contributed by atoms with Crippen LogP contribution in [0.15, 0.2) is 42.0 Å². The van der Waals surface area contributed by atoms with Crippen LogP contribution in [0.1, 0.15) is 37.5 Å². The van der Waals surface area contributed by atoms with Crippen molar-refractivity contribution in [3.8, 4) is 5.82 Å². The van der Waals surface area contributed by atoms with Crippen molar-refractivity contribution in [1.29, 1.82) is 0 Å². The molecule has 0 amide bonds. The van der Waals surface area contributed by atoms with Gasteiger partial charge in [0.1, 0.15) is 18.5 Å². The van der Waals surface area contributed by atoms with E-state index in [1.807, 2.05) is 6.20 Å². The van der Waals surface area contributed by atoms with Gasteiger partial charge in [-0.3, -0.25) is 9.69 Å². The molecule has 3 aromatic rings. The molecule has 5 rings (SSSR count). The van der Waals surface area contributed by atoms with Gasteiger partial charge in [0.15, 0.2) is 5.82 Å². The SMILES string of the molecule is O=c1ccc(-n2cncn2)nn1CC1CCN(Cc2nccn2C2CC2)CC1. The first-order valence-corrected chi connectivity index (χ1v) is 9.93. The van der Waals surface area contributed by atoms with Crippen LogP contribution in [0, 0.1) is 5.92 Å². The maximum absolute atomic E-state index is 12.2. The highest BCUT2D eigenvalue weighted by molar-refractivity contribution is 5.16. The van der Waals surface area contributed by atoms with Crippen molar-refractivity contribution in [1.82, 2.24) is 39.0 Å². The molecular weight excluding hydrogens is 356 g/mol. The summed E-state index contributed by atoms with van der Waals surface area (Å²) in [5, 5.41) is 8.55. The fraction of sp³-hybridized carbons (Fsp3) is 0.526. The lowest BCUT2D eigenvalue weighted by atomic mass is 9.97. The quantitative estimate of drug-likeness (QED) is 0.640. The Bertz CT molecular complexity index is 980. The van der Waals surface area contributed by atoms with Gasteiger partial charge in [-0.1, -0.05) is 0 Å². The van der Waals surface area contributed by atoms with Crippen LogP contribution < -0.4 is 5.56 Å². The van der Waals surface area contributed by atoms with E-state index in [1.165, 1.54) is 25.0 Å². The van der Waals surface area contributed by atoms with Crippen LogP contribution in [0.5, 0.6) is 0 Å². The van der Waals surface area contributed by atoms with Crippen LogP contribution in [0.25, 0.3) is 5.82 Å². The van der Waals surface area contributed by atoms with Crippen molar-refractivity contribution < 1.29 is 0 Å². The first-order valence-electron chi connectivity index (χ1n) is 9.93. The number of aromatic nitrogens is 7. The van der Waals surface area contributed by atoms with Crippen LogP contribution in [-0.4, -0.2) is 52.1 Å². The molecule has 0 spiro atoms. The number of nitrogens with zero attached hydrogens (tertiary/aromatic N) is 8. The molecule has 1 saturated carbocycles. The molecule has 0 bridgehead atoms. The van der Waals surface area contributed by atoms with Gasteiger partial charge in [0.25, 0.3) is 5.56 Å². The van der Waals surface area contributed by atoms with Crippen LogP contribution in [0.4, 0.5) is 0 Å². The highest BCUT2D eigenvalue weighted by atomic mass is 16.1. The molecule has 1 saturated heterocycles. The highest BCUT2D eigenvalue weighted by Gasteiger charge is 2.27. The zero-order valence-electron chi connectivity index (χ0n) is 15.8. The Balaban J connectivity index is 1.20. The third-order valence-corrected chi connectivity index (χ3v) is 5.70. The maximum Gasteiger partial charge on any atom is 0.266 e. The molecule has 1 aliphatic carbocycles. The summed E-state index contributed by atoms with van der Waals surface area (Å²) in [6.07, 6.45) is 11.8. The molecule has 1 aliphatic heterocycles. The molecule has 0 atom stereocenters. The van der Waals surface area contributed by atoms with E-state index in [0.29, 0.717) is 24.3 Å². The van der Waals surface area contributed by atoms with Gasteiger partial charge in [-0.2, -0.15) is 5.10 Å². The highest BCUT2D eigenvalue weighted by Crippen LogP contribution is 2.35. The number of likely N-dealkylation sites (tertiary alicyclic amines) is 1. The average Bonchev–Trinajstić information content (AvgIpc) is 3.21. The second-order valence-electron chi connectivity index (χ2n) is 7.75. The Morgan fingerprint density at radius 3 is 2.71 bits per heavy atom. The fourth-order valence-corrected chi connectivity index (χ4v) is 3.94. The van der Waals surface area contributed by atoms with E-state index in [2.05, 4.69) is 35.8 Å². The number of hydrogen-bond acceptors (Lipinski definition) is 6. The van der Waals surface area contributed by atoms with E-state index in [1.54, 1.807) is 27.8 Å². The van der Waals surface area contributed by atoms with Gasteiger partial charge in [-0.05, 0) is 50.8 Å². The van der Waals surface area contributed by atoms with E-state index < -0.39 is 0 Å². The summed E-state index contributed by atoms with van der Waals surface area (Å²) < 4.78 is 5.48. The monoisotopic (exact) mass is 380 g/mol. The topological polar surface area (TPSA) is 86.7 Å². The molecule has 2 fully saturated rings. The second-order valence-corrected chi connectivity index (χ2v) is 7.75. The fourth-order valence-electron chi connectivity index (χ4n) is 3.94. The van der Waals surface area contributed by atoms with Crippen molar-refractivity contribution in [2.24, 2.45) is 5.92 Å². The molecule has 0 unspecified atom stereocenters. The lowest BCUT2D eigenvalue weighted by Crippen LogP contribution is -2.37. The van der Waals surface area contributed by atoms with Gasteiger partial charge in [-0.25, -0.2) is 19.3 Å². The predicted molar refractivity (Wildman–Crippen MR) is 102 cm³/mol. The standard InChI is InChI=1S/C19H24N8O/c28-19-4-3-17(27-14-20-13-22-27)23-26(19)11-15-5-8-24(9-6-15)12-18-21-7-10-25(18)16-1-2-16/h3-4,7,10,13-16H,1-2,5-6,8-9,11-12H2. The first kappa shape index (κ1) is 17.3. The molecule has 2 aliphatic rings. The molecule has 0 radical (unpaired) electrons. The number of rotatable bonds is 6. The molecule has 28 heavy (non-hydrogen) atoms.